The van der Waals surface area contributed by atoms with E-state index in [0.29, 0.717) is 11.4 Å². The van der Waals surface area contributed by atoms with Crippen molar-refractivity contribution in [1.29, 1.82) is 0 Å². The number of aliphatic hydroxyl groups excluding tert-OH is 1. The number of nitrogens with zero attached hydrogens (tertiary/aromatic N) is 2. The number of hydrogen-bond donors (Lipinski definition) is 1. The molecule has 7 heteroatoms. The average molecular weight is 254 g/mol. The molecule has 1 aliphatic heterocycles. The SMILES string of the molecule is CN(CC(F)(F)F)C(=O)CN1CCCC1CO. The number of likely N-dealkylation sites (N-methyl/N-ethyl adjacent to an activating group) is 1. The molecule has 0 bridgehead atoms. The van der Waals surface area contributed by atoms with Crippen LogP contribution < -0.4 is 0 Å². The van der Waals surface area contributed by atoms with E-state index < -0.39 is 18.6 Å². The smallest absolute Gasteiger partial charge is 0.395 e. The lowest BCUT2D eigenvalue weighted by molar-refractivity contribution is -0.159. The molecule has 0 aliphatic carbocycles. The monoisotopic (exact) mass is 254 g/mol. The molecule has 0 saturated carbocycles. The number of amides is 1. The van der Waals surface area contributed by atoms with E-state index in [9.17, 15) is 18.0 Å². The van der Waals surface area contributed by atoms with Gasteiger partial charge in [0.2, 0.25) is 5.91 Å². The summed E-state index contributed by atoms with van der Waals surface area (Å²) in [6.45, 7) is -0.700. The number of carbonyl (C=O) groups excluding carboxylic acids is 1. The zero-order valence-corrected chi connectivity index (χ0v) is 9.70. The van der Waals surface area contributed by atoms with Crippen LogP contribution in [0, 0.1) is 0 Å². The Kier molecular flexibility index (Phi) is 4.76. The topological polar surface area (TPSA) is 43.8 Å². The van der Waals surface area contributed by atoms with Crippen LogP contribution in [0.15, 0.2) is 0 Å². The summed E-state index contributed by atoms with van der Waals surface area (Å²) in [7, 11) is 1.14. The van der Waals surface area contributed by atoms with Crippen LogP contribution in [-0.4, -0.2) is 66.3 Å². The Balaban J connectivity index is 2.43. The molecule has 17 heavy (non-hydrogen) atoms. The van der Waals surface area contributed by atoms with Crippen LogP contribution in [0.5, 0.6) is 0 Å². The molecule has 1 fully saturated rings. The first-order chi connectivity index (χ1) is 7.83. The third-order valence-corrected chi connectivity index (χ3v) is 2.89. The molecule has 0 radical (unpaired) electrons. The van der Waals surface area contributed by atoms with E-state index in [1.807, 2.05) is 0 Å². The number of hydrogen-bond acceptors (Lipinski definition) is 3. The molecule has 0 spiro atoms. The molecule has 1 aliphatic rings. The summed E-state index contributed by atoms with van der Waals surface area (Å²) >= 11 is 0. The number of alkyl halides is 3. The van der Waals surface area contributed by atoms with Gasteiger partial charge in [-0.1, -0.05) is 0 Å². The molecule has 1 N–H and O–H groups in total. The van der Waals surface area contributed by atoms with Crippen molar-refractivity contribution in [3.8, 4) is 0 Å². The van der Waals surface area contributed by atoms with Crippen LogP contribution in [0.1, 0.15) is 12.8 Å². The molecule has 1 amide bonds. The highest BCUT2D eigenvalue weighted by Crippen LogP contribution is 2.18. The summed E-state index contributed by atoms with van der Waals surface area (Å²) in [5.74, 6) is -0.567. The van der Waals surface area contributed by atoms with Crippen molar-refractivity contribution in [3.05, 3.63) is 0 Å². The van der Waals surface area contributed by atoms with Crippen LogP contribution in [0.25, 0.3) is 0 Å². The highest BCUT2D eigenvalue weighted by atomic mass is 19.4. The summed E-state index contributed by atoms with van der Waals surface area (Å²) in [5.41, 5.74) is 0. The highest BCUT2D eigenvalue weighted by Gasteiger charge is 2.33. The second-order valence-electron chi connectivity index (χ2n) is 4.31. The van der Waals surface area contributed by atoms with Crippen molar-refractivity contribution >= 4 is 5.91 Å². The lowest BCUT2D eigenvalue weighted by Gasteiger charge is -2.25. The first-order valence-electron chi connectivity index (χ1n) is 5.49. The van der Waals surface area contributed by atoms with Gasteiger partial charge in [-0.3, -0.25) is 9.69 Å². The van der Waals surface area contributed by atoms with Crippen molar-refractivity contribution in [2.24, 2.45) is 0 Å². The number of likely N-dealkylation sites (tertiary alicyclic amines) is 1. The minimum absolute atomic E-state index is 0.0577. The van der Waals surface area contributed by atoms with Crippen LogP contribution in [0.4, 0.5) is 13.2 Å². The van der Waals surface area contributed by atoms with Gasteiger partial charge in [-0.25, -0.2) is 0 Å². The maximum Gasteiger partial charge on any atom is 0.406 e. The van der Waals surface area contributed by atoms with E-state index in [1.165, 1.54) is 0 Å². The predicted molar refractivity (Wildman–Crippen MR) is 55.4 cm³/mol. The van der Waals surface area contributed by atoms with Gasteiger partial charge in [-0.15, -0.1) is 0 Å². The lowest BCUT2D eigenvalue weighted by Crippen LogP contribution is -2.44. The van der Waals surface area contributed by atoms with Crippen molar-refractivity contribution in [2.45, 2.75) is 25.1 Å². The number of halogens is 3. The largest absolute Gasteiger partial charge is 0.406 e. The van der Waals surface area contributed by atoms with E-state index in [1.54, 1.807) is 4.90 Å². The number of carbonyl (C=O) groups is 1. The van der Waals surface area contributed by atoms with Crippen LogP contribution >= 0.6 is 0 Å². The molecule has 1 atom stereocenters. The molecule has 0 aromatic heterocycles. The highest BCUT2D eigenvalue weighted by molar-refractivity contribution is 5.78. The van der Waals surface area contributed by atoms with E-state index in [-0.39, 0.29) is 19.2 Å². The molecular weight excluding hydrogens is 237 g/mol. The summed E-state index contributed by atoms with van der Waals surface area (Å²) in [6.07, 6.45) is -2.72. The third kappa shape index (κ3) is 4.51. The normalized spacial score (nSPS) is 21.8. The quantitative estimate of drug-likeness (QED) is 0.793. The van der Waals surface area contributed by atoms with Gasteiger partial charge < -0.3 is 10.0 Å². The molecular formula is C10H17F3N2O2. The number of rotatable bonds is 4. The fourth-order valence-electron chi connectivity index (χ4n) is 1.96. The summed E-state index contributed by atoms with van der Waals surface area (Å²) in [5, 5.41) is 9.03. The van der Waals surface area contributed by atoms with Crippen LogP contribution in [0.2, 0.25) is 0 Å². The Morgan fingerprint density at radius 3 is 2.71 bits per heavy atom. The van der Waals surface area contributed by atoms with Gasteiger partial charge in [0, 0.05) is 13.1 Å². The maximum atomic E-state index is 12.1. The van der Waals surface area contributed by atoms with E-state index in [0.717, 1.165) is 19.9 Å². The Labute approximate surface area is 98.0 Å². The second kappa shape index (κ2) is 5.68. The fraction of sp³-hybridized carbons (Fsp3) is 0.900. The molecule has 4 nitrogen and oxygen atoms in total. The Hall–Kier alpha value is -0.820. The number of aliphatic hydroxyl groups is 1. The van der Waals surface area contributed by atoms with Crippen molar-refractivity contribution < 1.29 is 23.1 Å². The fourth-order valence-corrected chi connectivity index (χ4v) is 1.96. The van der Waals surface area contributed by atoms with Crippen molar-refractivity contribution in [1.82, 2.24) is 9.80 Å². The van der Waals surface area contributed by atoms with Crippen molar-refractivity contribution in [2.75, 3.05) is 33.3 Å². The zero-order valence-electron chi connectivity index (χ0n) is 9.70. The van der Waals surface area contributed by atoms with Crippen LogP contribution in [0.3, 0.4) is 0 Å². The standard InChI is InChI=1S/C10H17F3N2O2/c1-14(7-10(11,12)13)9(17)5-15-4-2-3-8(15)6-16/h8,16H,2-7H2,1H3. The van der Waals surface area contributed by atoms with Gasteiger partial charge in [-0.05, 0) is 19.4 Å². The maximum absolute atomic E-state index is 12.1. The summed E-state index contributed by atoms with van der Waals surface area (Å²) < 4.78 is 36.2. The van der Waals surface area contributed by atoms with E-state index in [2.05, 4.69) is 0 Å². The first kappa shape index (κ1) is 14.2. The average Bonchev–Trinajstić information content (AvgIpc) is 2.62. The van der Waals surface area contributed by atoms with Gasteiger partial charge in [0.15, 0.2) is 0 Å². The van der Waals surface area contributed by atoms with Crippen molar-refractivity contribution in [3.63, 3.8) is 0 Å². The predicted octanol–water partition coefficient (Wildman–Crippen LogP) is 0.464. The molecule has 100 valence electrons. The molecule has 1 unspecified atom stereocenters. The molecule has 0 aromatic carbocycles. The molecule has 1 heterocycles. The molecule has 0 aromatic rings. The van der Waals surface area contributed by atoms with Gasteiger partial charge >= 0.3 is 6.18 Å². The van der Waals surface area contributed by atoms with Gasteiger partial charge in [0.1, 0.15) is 6.54 Å². The Bertz CT molecular complexity index is 271. The minimum Gasteiger partial charge on any atom is -0.395 e. The zero-order chi connectivity index (χ0) is 13.1. The lowest BCUT2D eigenvalue weighted by atomic mass is 10.2. The summed E-state index contributed by atoms with van der Waals surface area (Å²) in [6, 6.07) is -0.0989. The van der Waals surface area contributed by atoms with E-state index >= 15 is 0 Å². The van der Waals surface area contributed by atoms with Crippen LogP contribution in [-0.2, 0) is 4.79 Å². The Morgan fingerprint density at radius 1 is 1.53 bits per heavy atom. The first-order valence-corrected chi connectivity index (χ1v) is 5.49. The Morgan fingerprint density at radius 2 is 2.18 bits per heavy atom. The van der Waals surface area contributed by atoms with Gasteiger partial charge in [0.25, 0.3) is 0 Å². The van der Waals surface area contributed by atoms with Gasteiger partial charge in [-0.2, -0.15) is 13.2 Å². The summed E-state index contributed by atoms with van der Waals surface area (Å²) in [4.78, 5) is 13.9. The second-order valence-corrected chi connectivity index (χ2v) is 4.31. The molecule has 1 saturated heterocycles. The van der Waals surface area contributed by atoms with Gasteiger partial charge in [0.05, 0.1) is 13.2 Å². The van der Waals surface area contributed by atoms with E-state index in [4.69, 9.17) is 5.11 Å². The minimum atomic E-state index is -4.37. The molecule has 1 rings (SSSR count). The third-order valence-electron chi connectivity index (χ3n) is 2.89.